The maximum atomic E-state index is 11.7. The molecule has 15 heavy (non-hydrogen) atoms. The number of hydrogen-bond acceptors (Lipinski definition) is 2. The van der Waals surface area contributed by atoms with E-state index in [1.54, 1.807) is 11.8 Å². The molecule has 0 N–H and O–H groups in total. The molecule has 1 atom stereocenters. The normalized spacial score (nSPS) is 21.2. The molecule has 0 fully saturated rings. The second-order valence-corrected chi connectivity index (χ2v) is 4.63. The van der Waals surface area contributed by atoms with Crippen LogP contribution >= 0.6 is 11.8 Å². The van der Waals surface area contributed by atoms with Crippen LogP contribution in [0.25, 0.3) is 0 Å². The van der Waals surface area contributed by atoms with E-state index in [1.807, 2.05) is 31.4 Å². The van der Waals surface area contributed by atoms with Crippen molar-refractivity contribution in [3.05, 3.63) is 46.4 Å². The summed E-state index contributed by atoms with van der Waals surface area (Å²) < 4.78 is 0. The fourth-order valence-electron chi connectivity index (χ4n) is 2.08. The molecule has 0 radical (unpaired) electrons. The molecule has 1 aromatic rings. The molecular weight excluding hydrogens is 204 g/mol. The molecule has 0 aromatic heterocycles. The summed E-state index contributed by atoms with van der Waals surface area (Å²) in [7, 11) is 0. The van der Waals surface area contributed by atoms with Crippen molar-refractivity contribution in [2.75, 3.05) is 6.26 Å². The molecule has 1 aromatic carbocycles. The van der Waals surface area contributed by atoms with Crippen LogP contribution in [0.4, 0.5) is 0 Å². The van der Waals surface area contributed by atoms with Crippen molar-refractivity contribution >= 4 is 17.5 Å². The maximum absolute atomic E-state index is 11.7. The summed E-state index contributed by atoms with van der Waals surface area (Å²) in [5.74, 6) is 0.599. The van der Waals surface area contributed by atoms with Crippen LogP contribution in [0.15, 0.2) is 40.8 Å². The molecule has 1 nitrogen and oxygen atoms in total. The van der Waals surface area contributed by atoms with E-state index in [1.165, 1.54) is 10.5 Å². The zero-order valence-electron chi connectivity index (χ0n) is 8.99. The van der Waals surface area contributed by atoms with Crippen molar-refractivity contribution in [1.29, 1.82) is 0 Å². The summed E-state index contributed by atoms with van der Waals surface area (Å²) in [6, 6.07) is 10.3. The monoisotopic (exact) mass is 218 g/mol. The van der Waals surface area contributed by atoms with E-state index in [-0.39, 0.29) is 0 Å². The van der Waals surface area contributed by atoms with Crippen molar-refractivity contribution < 1.29 is 4.79 Å². The Balaban J connectivity index is 2.37. The molecule has 2 heteroatoms. The number of Topliss-reactive ketones (excluding diaryl/α,β-unsaturated/α-hetero) is 1. The Morgan fingerprint density at radius 1 is 1.27 bits per heavy atom. The molecule has 0 heterocycles. The topological polar surface area (TPSA) is 17.1 Å². The van der Waals surface area contributed by atoms with Crippen LogP contribution in [0.1, 0.15) is 24.8 Å². The SMILES string of the molecule is CSC1=C(C)C(=O)CC1c1ccccc1. The predicted octanol–water partition coefficient (Wildman–Crippen LogP) is 3.38. The van der Waals surface area contributed by atoms with E-state index in [2.05, 4.69) is 12.1 Å². The summed E-state index contributed by atoms with van der Waals surface area (Å²) in [5, 5.41) is 0. The second-order valence-electron chi connectivity index (χ2n) is 3.78. The van der Waals surface area contributed by atoms with Gasteiger partial charge in [-0.2, -0.15) is 0 Å². The maximum Gasteiger partial charge on any atom is 0.160 e. The molecule has 0 amide bonds. The summed E-state index contributed by atoms with van der Waals surface area (Å²) in [4.78, 5) is 12.9. The third-order valence-corrected chi connectivity index (χ3v) is 3.95. The molecule has 0 bridgehead atoms. The Labute approximate surface area is 94.6 Å². The first-order valence-corrected chi connectivity index (χ1v) is 6.29. The molecule has 0 saturated carbocycles. The molecular formula is C13H14OS. The molecule has 0 spiro atoms. The number of rotatable bonds is 2. The van der Waals surface area contributed by atoms with Crippen LogP contribution < -0.4 is 0 Å². The zero-order valence-corrected chi connectivity index (χ0v) is 9.80. The van der Waals surface area contributed by atoms with Crippen LogP contribution in [0, 0.1) is 0 Å². The van der Waals surface area contributed by atoms with Gasteiger partial charge in [0.25, 0.3) is 0 Å². The molecule has 0 saturated heterocycles. The number of benzene rings is 1. The van der Waals surface area contributed by atoms with Crippen molar-refractivity contribution in [3.63, 3.8) is 0 Å². The van der Waals surface area contributed by atoms with Gasteiger partial charge in [-0.3, -0.25) is 4.79 Å². The van der Waals surface area contributed by atoms with Gasteiger partial charge in [-0.25, -0.2) is 0 Å². The second kappa shape index (κ2) is 4.23. The van der Waals surface area contributed by atoms with Crippen LogP contribution in [0.2, 0.25) is 0 Å². The molecule has 2 rings (SSSR count). The van der Waals surface area contributed by atoms with E-state index >= 15 is 0 Å². The van der Waals surface area contributed by atoms with Gasteiger partial charge in [-0.05, 0) is 23.6 Å². The van der Waals surface area contributed by atoms with Crippen LogP contribution in [-0.2, 0) is 4.79 Å². The Morgan fingerprint density at radius 3 is 2.53 bits per heavy atom. The van der Waals surface area contributed by atoms with E-state index < -0.39 is 0 Å². The molecule has 1 aliphatic rings. The minimum atomic E-state index is 0.299. The Morgan fingerprint density at radius 2 is 1.93 bits per heavy atom. The Kier molecular flexibility index (Phi) is 2.96. The third-order valence-electron chi connectivity index (χ3n) is 2.92. The minimum Gasteiger partial charge on any atom is -0.294 e. The summed E-state index contributed by atoms with van der Waals surface area (Å²) in [6.07, 6.45) is 2.69. The predicted molar refractivity (Wildman–Crippen MR) is 65.0 cm³/mol. The van der Waals surface area contributed by atoms with Gasteiger partial charge in [0.15, 0.2) is 5.78 Å². The average Bonchev–Trinajstić information content (AvgIpc) is 2.56. The number of carbonyl (C=O) groups excluding carboxylic acids is 1. The zero-order chi connectivity index (χ0) is 10.8. The highest BCUT2D eigenvalue weighted by Gasteiger charge is 2.29. The Bertz CT molecular complexity index is 406. The quantitative estimate of drug-likeness (QED) is 0.757. The number of thioether (sulfide) groups is 1. The van der Waals surface area contributed by atoms with E-state index in [0.29, 0.717) is 18.1 Å². The molecule has 1 aliphatic carbocycles. The van der Waals surface area contributed by atoms with Gasteiger partial charge < -0.3 is 0 Å². The average molecular weight is 218 g/mol. The molecule has 0 aliphatic heterocycles. The van der Waals surface area contributed by atoms with Crippen LogP contribution in [-0.4, -0.2) is 12.0 Å². The standard InChI is InChI=1S/C13H14OS/c1-9-12(14)8-11(13(9)15-2)10-6-4-3-5-7-10/h3-7,11H,8H2,1-2H3. The fraction of sp³-hybridized carbons (Fsp3) is 0.308. The third kappa shape index (κ3) is 1.86. The number of carbonyl (C=O) groups is 1. The Hall–Kier alpha value is -1.02. The van der Waals surface area contributed by atoms with Crippen LogP contribution in [0.3, 0.4) is 0 Å². The van der Waals surface area contributed by atoms with Gasteiger partial charge in [-0.1, -0.05) is 30.3 Å². The minimum absolute atomic E-state index is 0.299. The van der Waals surface area contributed by atoms with Gasteiger partial charge in [0.1, 0.15) is 0 Å². The highest BCUT2D eigenvalue weighted by molar-refractivity contribution is 8.02. The summed E-state index contributed by atoms with van der Waals surface area (Å²) in [6.45, 7) is 1.94. The van der Waals surface area contributed by atoms with Crippen molar-refractivity contribution in [1.82, 2.24) is 0 Å². The van der Waals surface area contributed by atoms with Crippen molar-refractivity contribution in [2.24, 2.45) is 0 Å². The van der Waals surface area contributed by atoms with E-state index in [9.17, 15) is 4.79 Å². The van der Waals surface area contributed by atoms with Gasteiger partial charge in [0.2, 0.25) is 0 Å². The van der Waals surface area contributed by atoms with E-state index in [0.717, 1.165) is 5.57 Å². The van der Waals surface area contributed by atoms with Gasteiger partial charge >= 0.3 is 0 Å². The first kappa shape index (κ1) is 10.5. The highest BCUT2D eigenvalue weighted by atomic mass is 32.2. The highest BCUT2D eigenvalue weighted by Crippen LogP contribution is 2.42. The lowest BCUT2D eigenvalue weighted by Crippen LogP contribution is -1.97. The lowest BCUT2D eigenvalue weighted by atomic mass is 9.98. The number of allylic oxidation sites excluding steroid dienone is 2. The number of ketones is 1. The van der Waals surface area contributed by atoms with Gasteiger partial charge in [-0.15, -0.1) is 11.8 Å². The van der Waals surface area contributed by atoms with E-state index in [4.69, 9.17) is 0 Å². The van der Waals surface area contributed by atoms with Gasteiger partial charge in [0, 0.05) is 17.9 Å². The van der Waals surface area contributed by atoms with Crippen molar-refractivity contribution in [2.45, 2.75) is 19.3 Å². The summed E-state index contributed by atoms with van der Waals surface area (Å²) in [5.41, 5.74) is 2.21. The smallest absolute Gasteiger partial charge is 0.160 e. The molecule has 78 valence electrons. The first-order valence-electron chi connectivity index (χ1n) is 5.07. The number of hydrogen-bond donors (Lipinski definition) is 0. The van der Waals surface area contributed by atoms with Gasteiger partial charge in [0.05, 0.1) is 0 Å². The largest absolute Gasteiger partial charge is 0.294 e. The van der Waals surface area contributed by atoms with Crippen LogP contribution in [0.5, 0.6) is 0 Å². The molecule has 1 unspecified atom stereocenters. The first-order chi connectivity index (χ1) is 7.24. The summed E-state index contributed by atoms with van der Waals surface area (Å²) >= 11 is 1.71. The lowest BCUT2D eigenvalue weighted by molar-refractivity contribution is -0.115. The fourth-order valence-corrected chi connectivity index (χ4v) is 3.00. The van der Waals surface area contributed by atoms with Crippen molar-refractivity contribution in [3.8, 4) is 0 Å². The lowest BCUT2D eigenvalue weighted by Gasteiger charge is -2.12.